The minimum Gasteiger partial charge on any atom is -0.740 e. The van der Waals surface area contributed by atoms with Crippen LogP contribution in [0.25, 0.3) is 0 Å². The second-order valence-corrected chi connectivity index (χ2v) is 2.30. The topological polar surface area (TPSA) is 25.8 Å². The van der Waals surface area contributed by atoms with Crippen molar-refractivity contribution in [2.75, 3.05) is 0 Å². The number of hydrogen-bond acceptors (Lipinski definition) is 3. The van der Waals surface area contributed by atoms with Crippen LogP contribution in [0.2, 0.25) is 0 Å². The molecule has 0 aliphatic rings. The van der Waals surface area contributed by atoms with Gasteiger partial charge in [0.05, 0.1) is 0 Å². The second kappa shape index (κ2) is 2.27. The van der Waals surface area contributed by atoms with E-state index < -0.39 is 0 Å². The molecule has 48 valence electrons. The summed E-state index contributed by atoms with van der Waals surface area (Å²) in [5.74, 6) is 0. The monoisotopic (exact) mass is 139 g/mol. The molecule has 3 heteroatoms. The van der Waals surface area contributed by atoms with Gasteiger partial charge in [-0.25, -0.2) is 0 Å². The van der Waals surface area contributed by atoms with Gasteiger partial charge in [-0.3, -0.25) is 9.97 Å². The standard InChI is InChI=1S/C6H8N2S/c1-4-3-5(2)8-6(9)7-4/h3H,1-2H3,(H,7,8,9)/p-1. The van der Waals surface area contributed by atoms with E-state index in [-0.39, 0.29) is 0 Å². The Balaban J connectivity index is 3.17. The van der Waals surface area contributed by atoms with Gasteiger partial charge in [-0.2, -0.15) is 0 Å². The lowest BCUT2D eigenvalue weighted by Crippen LogP contribution is -1.91. The lowest BCUT2D eigenvalue weighted by atomic mass is 10.4. The second-order valence-electron chi connectivity index (χ2n) is 1.93. The molecule has 0 spiro atoms. The summed E-state index contributed by atoms with van der Waals surface area (Å²) in [6.07, 6.45) is 0. The molecule has 0 aliphatic heterocycles. The highest BCUT2D eigenvalue weighted by Gasteiger charge is 1.85. The Bertz CT molecular complexity index is 172. The van der Waals surface area contributed by atoms with Crippen molar-refractivity contribution in [2.45, 2.75) is 19.0 Å². The molecule has 0 saturated carbocycles. The summed E-state index contributed by atoms with van der Waals surface area (Å²) in [5, 5.41) is 0.438. The van der Waals surface area contributed by atoms with Crippen molar-refractivity contribution in [3.05, 3.63) is 17.5 Å². The molecule has 1 aromatic heterocycles. The average Bonchev–Trinajstić information content (AvgIpc) is 1.59. The van der Waals surface area contributed by atoms with Crippen LogP contribution < -0.4 is 0 Å². The van der Waals surface area contributed by atoms with E-state index in [1.165, 1.54) is 0 Å². The molecule has 0 aliphatic carbocycles. The van der Waals surface area contributed by atoms with Crippen molar-refractivity contribution in [3.8, 4) is 0 Å². The zero-order valence-corrected chi connectivity index (χ0v) is 6.20. The zero-order chi connectivity index (χ0) is 6.85. The number of aromatic nitrogens is 2. The predicted molar refractivity (Wildman–Crippen MR) is 37.1 cm³/mol. The van der Waals surface area contributed by atoms with Gasteiger partial charge in [0.25, 0.3) is 0 Å². The maximum absolute atomic E-state index is 4.76. The quantitative estimate of drug-likeness (QED) is 0.396. The first-order chi connectivity index (χ1) is 4.18. The highest BCUT2D eigenvalue weighted by atomic mass is 32.1. The Kier molecular flexibility index (Phi) is 1.62. The summed E-state index contributed by atoms with van der Waals surface area (Å²) in [5.41, 5.74) is 1.88. The number of nitrogens with zero attached hydrogens (tertiary/aromatic N) is 2. The third-order valence-electron chi connectivity index (χ3n) is 0.962. The van der Waals surface area contributed by atoms with Crippen molar-refractivity contribution in [1.29, 1.82) is 0 Å². The molecule has 2 nitrogen and oxygen atoms in total. The summed E-state index contributed by atoms with van der Waals surface area (Å²) in [6, 6.07) is 1.90. The predicted octanol–water partition coefficient (Wildman–Crippen LogP) is 0.999. The normalized spacial score (nSPS) is 9.56. The van der Waals surface area contributed by atoms with Gasteiger partial charge in [0.1, 0.15) is 0 Å². The molecule has 0 amide bonds. The first-order valence-electron chi connectivity index (χ1n) is 2.68. The van der Waals surface area contributed by atoms with Gasteiger partial charge in [-0.15, -0.1) is 0 Å². The molecule has 0 unspecified atom stereocenters. The van der Waals surface area contributed by atoms with Crippen LogP contribution in [-0.4, -0.2) is 9.97 Å². The lowest BCUT2D eigenvalue weighted by Gasteiger charge is -2.03. The highest BCUT2D eigenvalue weighted by Crippen LogP contribution is 1.96. The van der Waals surface area contributed by atoms with E-state index in [4.69, 9.17) is 12.6 Å². The summed E-state index contributed by atoms with van der Waals surface area (Å²) in [4.78, 5) is 7.88. The van der Waals surface area contributed by atoms with E-state index in [2.05, 4.69) is 9.97 Å². The Hall–Kier alpha value is -0.700. The van der Waals surface area contributed by atoms with E-state index in [9.17, 15) is 0 Å². The molecule has 0 atom stereocenters. The minimum atomic E-state index is 0.438. The Morgan fingerprint density at radius 3 is 2.00 bits per heavy atom. The van der Waals surface area contributed by atoms with Crippen LogP contribution in [0.4, 0.5) is 0 Å². The van der Waals surface area contributed by atoms with Crippen LogP contribution in [0.15, 0.2) is 11.2 Å². The molecule has 1 heterocycles. The van der Waals surface area contributed by atoms with Gasteiger partial charge >= 0.3 is 0 Å². The summed E-state index contributed by atoms with van der Waals surface area (Å²) in [7, 11) is 0. The largest absolute Gasteiger partial charge is 0.740 e. The Morgan fingerprint density at radius 1 is 1.22 bits per heavy atom. The minimum absolute atomic E-state index is 0.438. The van der Waals surface area contributed by atoms with Crippen LogP contribution >= 0.6 is 0 Å². The third-order valence-corrected chi connectivity index (χ3v) is 1.14. The molecule has 1 rings (SSSR count). The van der Waals surface area contributed by atoms with E-state index in [1.807, 2.05) is 19.9 Å². The Morgan fingerprint density at radius 2 is 1.67 bits per heavy atom. The van der Waals surface area contributed by atoms with Gasteiger partial charge in [0.2, 0.25) is 0 Å². The fraction of sp³-hybridized carbons (Fsp3) is 0.333. The molecule has 0 bridgehead atoms. The van der Waals surface area contributed by atoms with Crippen LogP contribution in [-0.2, 0) is 12.6 Å². The van der Waals surface area contributed by atoms with E-state index in [1.54, 1.807) is 0 Å². The van der Waals surface area contributed by atoms with E-state index >= 15 is 0 Å². The molecule has 9 heavy (non-hydrogen) atoms. The van der Waals surface area contributed by atoms with Gasteiger partial charge in [-0.05, 0) is 19.9 Å². The van der Waals surface area contributed by atoms with Crippen LogP contribution in [0.1, 0.15) is 11.4 Å². The van der Waals surface area contributed by atoms with Gasteiger partial charge in [0.15, 0.2) is 0 Å². The van der Waals surface area contributed by atoms with E-state index in [0.29, 0.717) is 5.16 Å². The van der Waals surface area contributed by atoms with Crippen molar-refractivity contribution in [3.63, 3.8) is 0 Å². The van der Waals surface area contributed by atoms with Crippen molar-refractivity contribution < 1.29 is 0 Å². The first-order valence-corrected chi connectivity index (χ1v) is 3.08. The molecule has 0 saturated heterocycles. The van der Waals surface area contributed by atoms with Gasteiger partial charge in [0, 0.05) is 16.5 Å². The molecular formula is C6H7N2S-. The molecule has 0 fully saturated rings. The molecule has 1 aromatic rings. The number of hydrogen-bond donors (Lipinski definition) is 0. The van der Waals surface area contributed by atoms with Gasteiger partial charge < -0.3 is 12.6 Å². The fourth-order valence-electron chi connectivity index (χ4n) is 0.694. The molecule has 0 N–H and O–H groups in total. The smallest absolute Gasteiger partial charge is 0.0390 e. The summed E-state index contributed by atoms with van der Waals surface area (Å²) in [6.45, 7) is 3.81. The molecule has 0 radical (unpaired) electrons. The van der Waals surface area contributed by atoms with Crippen molar-refractivity contribution in [2.24, 2.45) is 0 Å². The maximum Gasteiger partial charge on any atom is 0.0390 e. The lowest BCUT2D eigenvalue weighted by molar-refractivity contribution is 0.906. The van der Waals surface area contributed by atoms with Crippen molar-refractivity contribution in [1.82, 2.24) is 9.97 Å². The first kappa shape index (κ1) is 6.42. The Labute approximate surface area is 59.8 Å². The molecule has 0 aromatic carbocycles. The van der Waals surface area contributed by atoms with E-state index in [0.717, 1.165) is 11.4 Å². The average molecular weight is 139 g/mol. The molecular weight excluding hydrogens is 132 g/mol. The fourth-order valence-corrected chi connectivity index (χ4v) is 0.982. The summed E-state index contributed by atoms with van der Waals surface area (Å²) >= 11 is 4.76. The van der Waals surface area contributed by atoms with Gasteiger partial charge in [-0.1, -0.05) is 0 Å². The maximum atomic E-state index is 4.76. The SMILES string of the molecule is Cc1cc(C)nc([S-])n1. The van der Waals surface area contributed by atoms with Crippen LogP contribution in [0, 0.1) is 13.8 Å². The number of aryl methyl sites for hydroxylation is 2. The van der Waals surface area contributed by atoms with Crippen LogP contribution in [0.3, 0.4) is 0 Å². The van der Waals surface area contributed by atoms with Crippen LogP contribution in [0.5, 0.6) is 0 Å². The highest BCUT2D eigenvalue weighted by molar-refractivity contribution is 7.58. The summed E-state index contributed by atoms with van der Waals surface area (Å²) < 4.78 is 0. The third kappa shape index (κ3) is 1.61. The zero-order valence-electron chi connectivity index (χ0n) is 5.38. The van der Waals surface area contributed by atoms with Crippen molar-refractivity contribution >= 4 is 12.6 Å². The number of rotatable bonds is 0.